The normalized spacial score (nSPS) is 10.8. The molecule has 7 nitrogen and oxygen atoms in total. The number of aliphatic hydroxyl groups is 1. The second kappa shape index (κ2) is 5.58. The van der Waals surface area contributed by atoms with Crippen LogP contribution in [0.25, 0.3) is 0 Å². The number of carbonyl (C=O) groups excluding carboxylic acids is 2. The van der Waals surface area contributed by atoms with Crippen LogP contribution in [0.3, 0.4) is 0 Å². The minimum atomic E-state index is -0.889. The van der Waals surface area contributed by atoms with Crippen molar-refractivity contribution in [2.24, 2.45) is 0 Å². The highest BCUT2D eigenvalue weighted by Gasteiger charge is 2.15. The smallest absolute Gasteiger partial charge is 0.343 e. The molecule has 0 spiro atoms. The number of allylic oxidation sites excluding steroid dienone is 1. The molecule has 1 rings (SSSR count). The van der Waals surface area contributed by atoms with E-state index in [0.717, 1.165) is 19.1 Å². The van der Waals surface area contributed by atoms with Crippen molar-refractivity contribution in [3.8, 4) is 0 Å². The molecule has 1 aromatic rings. The van der Waals surface area contributed by atoms with Crippen molar-refractivity contribution in [2.75, 3.05) is 0 Å². The maximum atomic E-state index is 11.5. The van der Waals surface area contributed by atoms with E-state index in [2.05, 4.69) is 4.74 Å². The minimum Gasteiger partial charge on any atom is -0.512 e. The summed E-state index contributed by atoms with van der Waals surface area (Å²) < 4.78 is 4.60. The number of Topliss-reactive ketones (excluding diaryl/α,β-unsaturated/α-hetero) is 1. The van der Waals surface area contributed by atoms with E-state index in [9.17, 15) is 19.7 Å². The number of ether oxygens (including phenoxy) is 1. The Hall–Kier alpha value is -2.70. The molecule has 0 fully saturated rings. The van der Waals surface area contributed by atoms with Gasteiger partial charge in [0, 0.05) is 19.1 Å². The van der Waals surface area contributed by atoms with E-state index in [-0.39, 0.29) is 11.3 Å². The van der Waals surface area contributed by atoms with Gasteiger partial charge in [-0.2, -0.15) is 0 Å². The molecule has 18 heavy (non-hydrogen) atoms. The van der Waals surface area contributed by atoms with Gasteiger partial charge in [0.25, 0.3) is 5.69 Å². The number of esters is 1. The molecule has 0 aromatic heterocycles. The van der Waals surface area contributed by atoms with Gasteiger partial charge in [0.2, 0.25) is 5.76 Å². The van der Waals surface area contributed by atoms with Gasteiger partial charge in [-0.1, -0.05) is 0 Å². The molecule has 94 valence electrons. The number of ketones is 1. The molecule has 0 amide bonds. The molecule has 1 aromatic carbocycles. The predicted molar refractivity (Wildman–Crippen MR) is 59.9 cm³/mol. The van der Waals surface area contributed by atoms with Crippen LogP contribution in [0.15, 0.2) is 36.3 Å². The van der Waals surface area contributed by atoms with Gasteiger partial charge in [0.05, 0.1) is 10.5 Å². The summed E-state index contributed by atoms with van der Waals surface area (Å²) in [4.78, 5) is 32.2. The first kappa shape index (κ1) is 13.4. The van der Waals surface area contributed by atoms with Gasteiger partial charge in [0.1, 0.15) is 6.26 Å². The number of rotatable bonds is 4. The summed E-state index contributed by atoms with van der Waals surface area (Å²) in [5.74, 6) is -2.01. The first-order valence-electron chi connectivity index (χ1n) is 4.77. The van der Waals surface area contributed by atoms with Crippen molar-refractivity contribution in [1.29, 1.82) is 0 Å². The molecule has 0 atom stereocenters. The molecule has 0 saturated heterocycles. The standard InChI is InChI=1S/C11H9NO6/c1-7(14)10(6-13)18-11(15)8-2-4-9(5-3-8)12(16)17/h2-6,13H,1H3. The molecule has 1 N–H and O–H groups in total. The molecule has 0 unspecified atom stereocenters. The zero-order valence-corrected chi connectivity index (χ0v) is 9.32. The third kappa shape index (κ3) is 3.14. The van der Waals surface area contributed by atoms with Crippen LogP contribution in [0.2, 0.25) is 0 Å². The molecular formula is C11H9NO6. The highest BCUT2D eigenvalue weighted by molar-refractivity contribution is 5.97. The second-order valence-electron chi connectivity index (χ2n) is 3.24. The van der Waals surface area contributed by atoms with Crippen LogP contribution in [-0.4, -0.2) is 21.8 Å². The number of carbonyl (C=O) groups is 2. The highest BCUT2D eigenvalue weighted by atomic mass is 16.6. The van der Waals surface area contributed by atoms with Gasteiger partial charge in [-0.15, -0.1) is 0 Å². The lowest BCUT2D eigenvalue weighted by molar-refractivity contribution is -0.384. The van der Waals surface area contributed by atoms with E-state index in [0.29, 0.717) is 6.26 Å². The number of nitro groups is 1. The van der Waals surface area contributed by atoms with E-state index in [1.807, 2.05) is 0 Å². The summed E-state index contributed by atoms with van der Waals surface area (Å²) in [5, 5.41) is 19.1. The van der Waals surface area contributed by atoms with Crippen LogP contribution in [0.4, 0.5) is 5.69 Å². The molecule has 0 aliphatic rings. The summed E-state index contributed by atoms with van der Waals surface area (Å²) in [6, 6.07) is 4.64. The largest absolute Gasteiger partial charge is 0.512 e. The van der Waals surface area contributed by atoms with Crippen molar-refractivity contribution in [3.05, 3.63) is 52.0 Å². The number of nitrogens with zero attached hydrogens (tertiary/aromatic N) is 1. The summed E-state index contributed by atoms with van der Waals surface area (Å²) in [6.45, 7) is 1.12. The number of hydrogen-bond acceptors (Lipinski definition) is 6. The van der Waals surface area contributed by atoms with E-state index >= 15 is 0 Å². The molecule has 7 heteroatoms. The van der Waals surface area contributed by atoms with E-state index in [1.54, 1.807) is 0 Å². The van der Waals surface area contributed by atoms with Crippen LogP contribution in [0, 0.1) is 10.1 Å². The van der Waals surface area contributed by atoms with Crippen molar-refractivity contribution in [1.82, 2.24) is 0 Å². The van der Waals surface area contributed by atoms with Crippen molar-refractivity contribution < 1.29 is 24.4 Å². The Balaban J connectivity index is 2.85. The van der Waals surface area contributed by atoms with Crippen LogP contribution < -0.4 is 0 Å². The molecule has 0 heterocycles. The first-order valence-corrected chi connectivity index (χ1v) is 4.77. The Morgan fingerprint density at radius 3 is 2.28 bits per heavy atom. The number of aliphatic hydroxyl groups excluding tert-OH is 1. The zero-order chi connectivity index (χ0) is 13.7. The third-order valence-corrected chi connectivity index (χ3v) is 1.98. The number of non-ortho nitro benzene ring substituents is 1. The van der Waals surface area contributed by atoms with Gasteiger partial charge in [0.15, 0.2) is 5.78 Å². The van der Waals surface area contributed by atoms with E-state index in [4.69, 9.17) is 5.11 Å². The Kier molecular flexibility index (Phi) is 4.14. The fourth-order valence-corrected chi connectivity index (χ4v) is 1.07. The predicted octanol–water partition coefficient (Wildman–Crippen LogP) is 1.74. The van der Waals surface area contributed by atoms with Crippen LogP contribution in [0.5, 0.6) is 0 Å². The number of hydrogen-bond donors (Lipinski definition) is 1. The maximum absolute atomic E-state index is 11.5. The highest BCUT2D eigenvalue weighted by Crippen LogP contribution is 2.13. The first-order chi connectivity index (χ1) is 8.45. The van der Waals surface area contributed by atoms with Gasteiger partial charge < -0.3 is 9.84 Å². The van der Waals surface area contributed by atoms with Gasteiger partial charge in [-0.3, -0.25) is 14.9 Å². The summed E-state index contributed by atoms with van der Waals surface area (Å²) >= 11 is 0. The number of nitro benzene ring substituents is 1. The van der Waals surface area contributed by atoms with Crippen molar-refractivity contribution in [3.63, 3.8) is 0 Å². The quantitative estimate of drug-likeness (QED) is 0.287. The van der Waals surface area contributed by atoms with Crippen molar-refractivity contribution >= 4 is 17.4 Å². The Morgan fingerprint density at radius 2 is 1.89 bits per heavy atom. The third-order valence-electron chi connectivity index (χ3n) is 1.98. The fourth-order valence-electron chi connectivity index (χ4n) is 1.07. The summed E-state index contributed by atoms with van der Waals surface area (Å²) in [5.41, 5.74) is -0.141. The molecular weight excluding hydrogens is 242 g/mol. The average Bonchev–Trinajstić information content (AvgIpc) is 2.35. The molecule has 0 saturated carbocycles. The lowest BCUT2D eigenvalue weighted by Crippen LogP contribution is -2.10. The van der Waals surface area contributed by atoms with Crippen molar-refractivity contribution in [2.45, 2.75) is 6.92 Å². The second-order valence-corrected chi connectivity index (χ2v) is 3.24. The molecule has 0 bridgehead atoms. The summed E-state index contributed by atoms with van der Waals surface area (Å²) in [6.07, 6.45) is 0.381. The molecule has 0 radical (unpaired) electrons. The number of benzene rings is 1. The lowest BCUT2D eigenvalue weighted by Gasteiger charge is -2.04. The lowest BCUT2D eigenvalue weighted by atomic mass is 10.2. The molecule has 0 aliphatic heterocycles. The topological polar surface area (TPSA) is 107 Å². The maximum Gasteiger partial charge on any atom is 0.343 e. The van der Waals surface area contributed by atoms with Gasteiger partial charge in [-0.25, -0.2) is 4.79 Å². The molecule has 0 aliphatic carbocycles. The van der Waals surface area contributed by atoms with E-state index in [1.165, 1.54) is 12.1 Å². The van der Waals surface area contributed by atoms with Crippen LogP contribution >= 0.6 is 0 Å². The zero-order valence-electron chi connectivity index (χ0n) is 9.32. The fraction of sp³-hybridized carbons (Fsp3) is 0.0909. The Labute approximate surface area is 101 Å². The SMILES string of the molecule is CC(=O)C(=CO)OC(=O)c1ccc([N+](=O)[O-])cc1. The Bertz CT molecular complexity index is 517. The summed E-state index contributed by atoms with van der Waals surface area (Å²) in [7, 11) is 0. The Morgan fingerprint density at radius 1 is 1.33 bits per heavy atom. The van der Waals surface area contributed by atoms with Crippen LogP contribution in [-0.2, 0) is 9.53 Å². The van der Waals surface area contributed by atoms with Gasteiger partial charge in [-0.05, 0) is 12.1 Å². The minimum absolute atomic E-state index is 0.0289. The van der Waals surface area contributed by atoms with Crippen LogP contribution in [0.1, 0.15) is 17.3 Å². The van der Waals surface area contributed by atoms with Gasteiger partial charge >= 0.3 is 5.97 Å². The van der Waals surface area contributed by atoms with E-state index < -0.39 is 22.4 Å². The average molecular weight is 251 g/mol. The monoisotopic (exact) mass is 251 g/mol.